The third-order valence-corrected chi connectivity index (χ3v) is 1.56. The Morgan fingerprint density at radius 3 is 2.62 bits per heavy atom. The van der Waals surface area contributed by atoms with Crippen LogP contribution >= 0.6 is 0 Å². The number of rotatable bonds is 1. The van der Waals surface area contributed by atoms with Crippen LogP contribution in [0.15, 0.2) is 42.7 Å². The van der Waals surface area contributed by atoms with Crippen LogP contribution in [0.4, 0.5) is 0 Å². The minimum atomic E-state index is 0. The van der Waals surface area contributed by atoms with E-state index in [1.54, 1.807) is 6.20 Å². The minimum Gasteiger partial charge on any atom is -1.00 e. The lowest BCUT2D eigenvalue weighted by molar-refractivity contribution is -0.364. The number of hydrogen-bond acceptors (Lipinski definition) is 2. The van der Waals surface area contributed by atoms with Gasteiger partial charge in [-0.3, -0.25) is 0 Å². The molecule has 0 spiro atoms. The molecular weight excluding hydrogens is 277 g/mol. The van der Waals surface area contributed by atoms with Crippen LogP contribution in [-0.4, -0.2) is 10.2 Å². The van der Waals surface area contributed by atoms with Crippen LogP contribution in [0.2, 0.25) is 0 Å². The number of H-pyrrole nitrogens is 1. The van der Waals surface area contributed by atoms with Gasteiger partial charge in [0.25, 0.3) is 0 Å². The molecule has 3 nitrogen and oxygen atoms in total. The van der Waals surface area contributed by atoms with Crippen molar-refractivity contribution in [1.82, 2.24) is 10.2 Å². The summed E-state index contributed by atoms with van der Waals surface area (Å²) >= 11 is 0. The van der Waals surface area contributed by atoms with E-state index in [1.165, 1.54) is 0 Å². The van der Waals surface area contributed by atoms with Crippen LogP contribution in [0.3, 0.4) is 0 Å². The van der Waals surface area contributed by atoms with Crippen LogP contribution in [0, 0.1) is 0 Å². The lowest BCUT2D eigenvalue weighted by Gasteiger charge is -1.89. The van der Waals surface area contributed by atoms with Crippen LogP contribution in [-0.2, 0) is 0 Å². The summed E-state index contributed by atoms with van der Waals surface area (Å²) in [6.45, 7) is 0. The second-order valence-corrected chi connectivity index (χ2v) is 2.39. The van der Waals surface area contributed by atoms with Gasteiger partial charge >= 0.3 is 0 Å². The molecule has 0 atom stereocenters. The van der Waals surface area contributed by atoms with Crippen molar-refractivity contribution in [3.63, 3.8) is 0 Å². The normalized spacial score (nSPS) is 8.92. The number of aromatic amines is 1. The van der Waals surface area contributed by atoms with Gasteiger partial charge in [0.1, 0.15) is 0 Å². The number of pyridine rings is 1. The maximum atomic E-state index is 3.97. The molecule has 66 valence electrons. The Morgan fingerprint density at radius 1 is 1.08 bits per heavy atom. The van der Waals surface area contributed by atoms with Crippen LogP contribution in [0.5, 0.6) is 0 Å². The summed E-state index contributed by atoms with van der Waals surface area (Å²) in [5, 5.41) is 7.76. The molecule has 13 heavy (non-hydrogen) atoms. The summed E-state index contributed by atoms with van der Waals surface area (Å²) in [6, 6.07) is 9.63. The number of nitrogens with zero attached hydrogens (tertiary/aromatic N) is 2. The molecule has 0 aliphatic rings. The number of aromatic nitrogens is 3. The average Bonchev–Trinajstić information content (AvgIpc) is 2.21. The van der Waals surface area contributed by atoms with Gasteiger partial charge in [-0.15, -0.1) is 5.10 Å². The highest BCUT2D eigenvalue weighted by molar-refractivity contribution is 5.48. The molecule has 0 saturated carbocycles. The van der Waals surface area contributed by atoms with Gasteiger partial charge in [-0.1, -0.05) is 0 Å². The molecule has 0 aromatic carbocycles. The summed E-state index contributed by atoms with van der Waals surface area (Å²) in [4.78, 5) is 3.08. The third-order valence-electron chi connectivity index (χ3n) is 1.56. The molecule has 0 radical (unpaired) electrons. The molecule has 0 aliphatic heterocycles. The highest BCUT2D eigenvalue weighted by atomic mass is 127. The van der Waals surface area contributed by atoms with E-state index >= 15 is 0 Å². The van der Waals surface area contributed by atoms with Crippen molar-refractivity contribution in [2.45, 2.75) is 0 Å². The van der Waals surface area contributed by atoms with Crippen molar-refractivity contribution in [1.29, 1.82) is 0 Å². The maximum absolute atomic E-state index is 3.97. The Labute approximate surface area is 93.3 Å². The zero-order chi connectivity index (χ0) is 8.23. The van der Waals surface area contributed by atoms with Gasteiger partial charge in [-0.05, 0) is 18.2 Å². The van der Waals surface area contributed by atoms with E-state index < -0.39 is 0 Å². The van der Waals surface area contributed by atoms with E-state index in [0.29, 0.717) is 0 Å². The van der Waals surface area contributed by atoms with Gasteiger partial charge in [-0.25, -0.2) is 4.98 Å². The van der Waals surface area contributed by atoms with Gasteiger partial charge in [-0.2, -0.15) is 5.10 Å². The van der Waals surface area contributed by atoms with Crippen molar-refractivity contribution in [3.05, 3.63) is 42.7 Å². The molecule has 2 aromatic rings. The van der Waals surface area contributed by atoms with Crippen molar-refractivity contribution < 1.29 is 29.0 Å². The van der Waals surface area contributed by atoms with Crippen LogP contribution in [0.25, 0.3) is 11.4 Å². The molecule has 0 saturated heterocycles. The van der Waals surface area contributed by atoms with Crippen molar-refractivity contribution in [2.24, 2.45) is 0 Å². The van der Waals surface area contributed by atoms with Gasteiger partial charge in [0, 0.05) is 18.3 Å². The molecule has 2 heterocycles. The van der Waals surface area contributed by atoms with Crippen molar-refractivity contribution >= 4 is 0 Å². The summed E-state index contributed by atoms with van der Waals surface area (Å²) in [5.41, 5.74) is 1.84. The van der Waals surface area contributed by atoms with E-state index in [0.717, 1.165) is 11.4 Å². The number of nitrogens with one attached hydrogen (secondary N) is 1. The molecule has 2 rings (SSSR count). The fraction of sp³-hybridized carbons (Fsp3) is 0. The average molecular weight is 285 g/mol. The maximum Gasteiger partial charge on any atom is 0.231 e. The Bertz CT molecular complexity index is 312. The van der Waals surface area contributed by atoms with E-state index in [2.05, 4.69) is 15.2 Å². The summed E-state index contributed by atoms with van der Waals surface area (Å²) in [7, 11) is 0. The zero-order valence-electron chi connectivity index (χ0n) is 6.81. The molecule has 0 bridgehead atoms. The first-order valence-electron chi connectivity index (χ1n) is 3.71. The Morgan fingerprint density at radius 2 is 2.00 bits per heavy atom. The molecule has 2 aromatic heterocycles. The number of hydrogen-bond donors (Lipinski definition) is 0. The second-order valence-electron chi connectivity index (χ2n) is 2.39. The number of halogens is 1. The predicted octanol–water partition coefficient (Wildman–Crippen LogP) is -2.04. The first-order chi connectivity index (χ1) is 5.97. The molecule has 0 fully saturated rings. The van der Waals surface area contributed by atoms with E-state index in [-0.39, 0.29) is 24.0 Å². The van der Waals surface area contributed by atoms with Gasteiger partial charge in [0.15, 0.2) is 11.9 Å². The van der Waals surface area contributed by atoms with Gasteiger partial charge in [0.05, 0.1) is 0 Å². The molecule has 0 amide bonds. The summed E-state index contributed by atoms with van der Waals surface area (Å²) in [6.07, 6.45) is 3.52. The third kappa shape index (κ3) is 2.45. The fourth-order valence-corrected chi connectivity index (χ4v) is 0.998. The van der Waals surface area contributed by atoms with Gasteiger partial charge in [0.2, 0.25) is 5.69 Å². The lowest BCUT2D eigenvalue weighted by atomic mass is 10.2. The molecule has 0 aliphatic carbocycles. The SMILES string of the molecule is [I-].c1ccc(-c2cccnn2)[nH+]c1. The van der Waals surface area contributed by atoms with Crippen LogP contribution in [0.1, 0.15) is 0 Å². The minimum absolute atomic E-state index is 0. The molecule has 4 heteroatoms. The topological polar surface area (TPSA) is 39.9 Å². The highest BCUT2D eigenvalue weighted by Gasteiger charge is 2.03. The Balaban J connectivity index is 0.000000845. The van der Waals surface area contributed by atoms with Crippen molar-refractivity contribution in [2.75, 3.05) is 0 Å². The smallest absolute Gasteiger partial charge is 0.231 e. The van der Waals surface area contributed by atoms with E-state index in [1.807, 2.05) is 36.5 Å². The van der Waals surface area contributed by atoms with Gasteiger partial charge < -0.3 is 24.0 Å². The fourth-order valence-electron chi connectivity index (χ4n) is 0.998. The largest absolute Gasteiger partial charge is 1.00 e. The zero-order valence-corrected chi connectivity index (χ0v) is 8.97. The molecule has 1 N–H and O–H groups in total. The summed E-state index contributed by atoms with van der Waals surface area (Å²) < 4.78 is 0. The van der Waals surface area contributed by atoms with Crippen LogP contribution < -0.4 is 29.0 Å². The monoisotopic (exact) mass is 285 g/mol. The quantitative estimate of drug-likeness (QED) is 0.567. The van der Waals surface area contributed by atoms with E-state index in [9.17, 15) is 0 Å². The Hall–Kier alpha value is -1.04. The Kier molecular flexibility index (Phi) is 3.75. The second kappa shape index (κ2) is 4.86. The predicted molar refractivity (Wildman–Crippen MR) is 44.0 cm³/mol. The van der Waals surface area contributed by atoms with E-state index in [4.69, 9.17) is 0 Å². The highest BCUT2D eigenvalue weighted by Crippen LogP contribution is 2.06. The van der Waals surface area contributed by atoms with Crippen molar-refractivity contribution in [3.8, 4) is 11.4 Å². The first kappa shape index (κ1) is 10.0. The summed E-state index contributed by atoms with van der Waals surface area (Å²) in [5.74, 6) is 0. The first-order valence-corrected chi connectivity index (χ1v) is 3.71. The molecule has 0 unspecified atom stereocenters. The standard InChI is InChI=1S/C9H7N3.HI/c1-2-6-10-8(4-1)9-5-3-7-11-12-9;/h1-7H;1H. The lowest BCUT2D eigenvalue weighted by Crippen LogP contribution is -3.00. The molecular formula is C9H8IN3.